The van der Waals surface area contributed by atoms with Crippen LogP contribution in [0, 0.1) is 0 Å². The van der Waals surface area contributed by atoms with E-state index >= 15 is 0 Å². The normalized spacial score (nSPS) is 10.8. The lowest BCUT2D eigenvalue weighted by atomic mass is 10.1. The number of nitrogens with zero attached hydrogens (tertiary/aromatic N) is 1. The van der Waals surface area contributed by atoms with E-state index in [9.17, 15) is 4.79 Å². The zero-order valence-corrected chi connectivity index (χ0v) is 14.6. The van der Waals surface area contributed by atoms with Crippen LogP contribution in [0.5, 0.6) is 17.2 Å². The lowest BCUT2D eigenvalue weighted by molar-refractivity contribution is 0.263. The minimum atomic E-state index is -0.0779. The van der Waals surface area contributed by atoms with Crippen molar-refractivity contribution in [1.82, 2.24) is 4.57 Å². The fourth-order valence-electron chi connectivity index (χ4n) is 2.63. The highest BCUT2D eigenvalue weighted by Crippen LogP contribution is 2.43. The van der Waals surface area contributed by atoms with E-state index in [0.717, 1.165) is 11.8 Å². The van der Waals surface area contributed by atoms with Crippen molar-refractivity contribution in [2.45, 2.75) is 33.7 Å². The summed E-state index contributed by atoms with van der Waals surface area (Å²) < 4.78 is 18.9. The predicted molar refractivity (Wildman–Crippen MR) is 95.4 cm³/mol. The quantitative estimate of drug-likeness (QED) is 0.763. The molecule has 2 aromatic rings. The van der Waals surface area contributed by atoms with Crippen LogP contribution in [0.1, 0.15) is 27.2 Å². The summed E-state index contributed by atoms with van der Waals surface area (Å²) in [4.78, 5) is 12.8. The van der Waals surface area contributed by atoms with Crippen molar-refractivity contribution in [3.63, 3.8) is 0 Å². The molecule has 1 heterocycles. The van der Waals surface area contributed by atoms with Crippen LogP contribution in [-0.2, 0) is 6.54 Å². The molecule has 6 nitrogen and oxygen atoms in total. The summed E-state index contributed by atoms with van der Waals surface area (Å²) in [6.45, 7) is 8.27. The minimum absolute atomic E-state index is 0.0779. The molecular weight excluding hydrogens is 308 g/mol. The molecule has 6 heteroatoms. The molecular formula is C18H26N2O4. The standard InChI is InChI=1S/C18H26N2O4/c1-4-22-15-12-14-13(16(23-5-2)17(15)24-6-3)8-11-20(18(14)21)10-7-9-19/h8,11-12H,4-7,9-10,19H2,1-3H3. The molecule has 0 saturated carbocycles. The van der Waals surface area contributed by atoms with Gasteiger partial charge in [-0.2, -0.15) is 0 Å². The van der Waals surface area contributed by atoms with Gasteiger partial charge in [0.25, 0.3) is 5.56 Å². The van der Waals surface area contributed by atoms with Crippen LogP contribution in [-0.4, -0.2) is 30.9 Å². The van der Waals surface area contributed by atoms with Gasteiger partial charge in [0.05, 0.1) is 25.2 Å². The lowest BCUT2D eigenvalue weighted by Crippen LogP contribution is -2.21. The Morgan fingerprint density at radius 3 is 2.29 bits per heavy atom. The third kappa shape index (κ3) is 3.64. The molecule has 1 aromatic heterocycles. The molecule has 0 bridgehead atoms. The number of ether oxygens (including phenoxy) is 3. The monoisotopic (exact) mass is 334 g/mol. The summed E-state index contributed by atoms with van der Waals surface area (Å²) in [5.41, 5.74) is 5.47. The summed E-state index contributed by atoms with van der Waals surface area (Å²) >= 11 is 0. The van der Waals surface area contributed by atoms with Gasteiger partial charge < -0.3 is 24.5 Å². The van der Waals surface area contributed by atoms with Gasteiger partial charge in [-0.05, 0) is 45.9 Å². The highest BCUT2D eigenvalue weighted by Gasteiger charge is 2.19. The SMILES string of the molecule is CCOc1cc2c(=O)n(CCCN)ccc2c(OCC)c1OCC. The number of pyridine rings is 1. The summed E-state index contributed by atoms with van der Waals surface area (Å²) in [6, 6.07) is 3.63. The van der Waals surface area contributed by atoms with Crippen LogP contribution in [0.15, 0.2) is 23.1 Å². The summed E-state index contributed by atoms with van der Waals surface area (Å²) in [5, 5.41) is 1.29. The summed E-state index contributed by atoms with van der Waals surface area (Å²) in [6.07, 6.45) is 2.53. The smallest absolute Gasteiger partial charge is 0.258 e. The second kappa shape index (κ2) is 8.59. The van der Waals surface area contributed by atoms with E-state index in [4.69, 9.17) is 19.9 Å². The van der Waals surface area contributed by atoms with Gasteiger partial charge >= 0.3 is 0 Å². The first-order valence-electron chi connectivity index (χ1n) is 8.46. The van der Waals surface area contributed by atoms with E-state index < -0.39 is 0 Å². The maximum Gasteiger partial charge on any atom is 0.258 e. The first-order valence-corrected chi connectivity index (χ1v) is 8.46. The third-order valence-electron chi connectivity index (χ3n) is 3.63. The highest BCUT2D eigenvalue weighted by atomic mass is 16.5. The largest absolute Gasteiger partial charge is 0.490 e. The zero-order chi connectivity index (χ0) is 17.5. The Hall–Kier alpha value is -2.21. The Morgan fingerprint density at radius 2 is 1.67 bits per heavy atom. The van der Waals surface area contributed by atoms with Gasteiger partial charge in [0.2, 0.25) is 5.75 Å². The van der Waals surface area contributed by atoms with Gasteiger partial charge in [-0.1, -0.05) is 0 Å². The number of hydrogen-bond acceptors (Lipinski definition) is 5. The zero-order valence-electron chi connectivity index (χ0n) is 14.6. The first kappa shape index (κ1) is 18.1. The number of rotatable bonds is 9. The molecule has 0 saturated heterocycles. The van der Waals surface area contributed by atoms with Crippen LogP contribution in [0.2, 0.25) is 0 Å². The van der Waals surface area contributed by atoms with E-state index in [1.807, 2.05) is 26.8 Å². The Labute approximate surface area is 142 Å². The lowest BCUT2D eigenvalue weighted by Gasteiger charge is -2.18. The van der Waals surface area contributed by atoms with Gasteiger partial charge in [-0.15, -0.1) is 0 Å². The van der Waals surface area contributed by atoms with Gasteiger partial charge in [0.15, 0.2) is 11.5 Å². The molecule has 1 aromatic carbocycles. The molecule has 2 N–H and O–H groups in total. The topological polar surface area (TPSA) is 75.7 Å². The van der Waals surface area contributed by atoms with E-state index in [0.29, 0.717) is 55.5 Å². The molecule has 0 aliphatic heterocycles. The maximum atomic E-state index is 12.8. The Kier molecular flexibility index (Phi) is 6.49. The first-order chi connectivity index (χ1) is 11.7. The summed E-state index contributed by atoms with van der Waals surface area (Å²) in [5.74, 6) is 1.64. The van der Waals surface area contributed by atoms with Crippen molar-refractivity contribution >= 4 is 10.8 Å². The van der Waals surface area contributed by atoms with Crippen molar-refractivity contribution in [2.75, 3.05) is 26.4 Å². The van der Waals surface area contributed by atoms with E-state index in [1.165, 1.54) is 0 Å². The second-order valence-electron chi connectivity index (χ2n) is 5.25. The van der Waals surface area contributed by atoms with Gasteiger partial charge in [-0.25, -0.2) is 0 Å². The average molecular weight is 334 g/mol. The van der Waals surface area contributed by atoms with Crippen LogP contribution in [0.4, 0.5) is 0 Å². The average Bonchev–Trinajstić information content (AvgIpc) is 2.58. The van der Waals surface area contributed by atoms with Gasteiger partial charge in [0.1, 0.15) is 0 Å². The van der Waals surface area contributed by atoms with Crippen molar-refractivity contribution in [3.05, 3.63) is 28.7 Å². The van der Waals surface area contributed by atoms with Crippen molar-refractivity contribution in [3.8, 4) is 17.2 Å². The van der Waals surface area contributed by atoms with Crippen molar-refractivity contribution < 1.29 is 14.2 Å². The molecule has 2 rings (SSSR count). The van der Waals surface area contributed by atoms with Crippen molar-refractivity contribution in [2.24, 2.45) is 5.73 Å². The van der Waals surface area contributed by atoms with E-state index in [-0.39, 0.29) is 5.56 Å². The molecule has 0 aliphatic carbocycles. The molecule has 0 atom stereocenters. The molecule has 0 aliphatic rings. The number of hydrogen-bond donors (Lipinski definition) is 1. The highest BCUT2D eigenvalue weighted by molar-refractivity contribution is 5.92. The van der Waals surface area contributed by atoms with Crippen LogP contribution >= 0.6 is 0 Å². The molecule has 0 fully saturated rings. The third-order valence-corrected chi connectivity index (χ3v) is 3.63. The van der Waals surface area contributed by atoms with E-state index in [1.54, 1.807) is 16.8 Å². The number of fused-ring (bicyclic) bond motifs is 1. The predicted octanol–water partition coefficient (Wildman–Crippen LogP) is 2.55. The molecule has 0 radical (unpaired) electrons. The summed E-state index contributed by atoms with van der Waals surface area (Å²) in [7, 11) is 0. The number of nitrogens with two attached hydrogens (primary N) is 1. The number of aryl methyl sites for hydroxylation is 1. The van der Waals surface area contributed by atoms with Crippen molar-refractivity contribution in [1.29, 1.82) is 0 Å². The number of aromatic nitrogens is 1. The Bertz CT molecular complexity index is 740. The maximum absolute atomic E-state index is 12.8. The molecule has 132 valence electrons. The van der Waals surface area contributed by atoms with Crippen LogP contribution in [0.3, 0.4) is 0 Å². The molecule has 0 spiro atoms. The Balaban J connectivity index is 2.71. The fourth-order valence-corrected chi connectivity index (χ4v) is 2.63. The van der Waals surface area contributed by atoms with Crippen LogP contribution in [0.25, 0.3) is 10.8 Å². The van der Waals surface area contributed by atoms with Crippen LogP contribution < -0.4 is 25.5 Å². The number of benzene rings is 1. The van der Waals surface area contributed by atoms with Gasteiger partial charge in [-0.3, -0.25) is 4.79 Å². The molecule has 24 heavy (non-hydrogen) atoms. The molecule has 0 unspecified atom stereocenters. The van der Waals surface area contributed by atoms with Gasteiger partial charge in [0, 0.05) is 18.1 Å². The molecule has 0 amide bonds. The fraction of sp³-hybridized carbons (Fsp3) is 0.500. The Morgan fingerprint density at radius 1 is 1.00 bits per heavy atom. The van der Waals surface area contributed by atoms with E-state index in [2.05, 4.69) is 0 Å². The minimum Gasteiger partial charge on any atom is -0.490 e. The second-order valence-corrected chi connectivity index (χ2v) is 5.25.